The lowest BCUT2D eigenvalue weighted by Gasteiger charge is -2.06. The molecule has 78 valence electrons. The van der Waals surface area contributed by atoms with Crippen LogP contribution in [0.15, 0.2) is 29.2 Å². The first-order chi connectivity index (χ1) is 6.42. The van der Waals surface area contributed by atoms with E-state index in [1.807, 2.05) is 0 Å². The smallest absolute Gasteiger partial charge is 0.180 e. The van der Waals surface area contributed by atoms with E-state index in [1.54, 1.807) is 0 Å². The normalized spacial score (nSPS) is 13.9. The average Bonchev–Trinajstić information content (AvgIpc) is 2.02. The molecule has 1 N–H and O–H groups in total. The summed E-state index contributed by atoms with van der Waals surface area (Å²) in [5.74, 6) is -0.269. The van der Waals surface area contributed by atoms with Crippen molar-refractivity contribution in [2.45, 2.75) is 17.9 Å². The van der Waals surface area contributed by atoms with Crippen LogP contribution in [-0.4, -0.2) is 25.4 Å². The molecule has 1 aromatic carbocycles. The van der Waals surface area contributed by atoms with E-state index in [2.05, 4.69) is 0 Å². The molecule has 0 spiro atoms. The van der Waals surface area contributed by atoms with Crippen molar-refractivity contribution >= 4 is 21.4 Å². The fourth-order valence-corrected chi connectivity index (χ4v) is 2.56. The number of sulfone groups is 1. The Labute approximate surface area is 88.2 Å². The van der Waals surface area contributed by atoms with Crippen molar-refractivity contribution in [3.05, 3.63) is 29.3 Å². The third-order valence-corrected chi connectivity index (χ3v) is 3.80. The van der Waals surface area contributed by atoms with Crippen molar-refractivity contribution in [1.82, 2.24) is 0 Å². The van der Waals surface area contributed by atoms with Gasteiger partial charge in [-0.15, -0.1) is 0 Å². The molecule has 0 aliphatic heterocycles. The van der Waals surface area contributed by atoms with E-state index in [0.29, 0.717) is 5.02 Å². The Morgan fingerprint density at radius 1 is 1.36 bits per heavy atom. The minimum Gasteiger partial charge on any atom is -0.392 e. The first-order valence-corrected chi connectivity index (χ1v) is 6.11. The van der Waals surface area contributed by atoms with Gasteiger partial charge in [0.2, 0.25) is 0 Å². The molecular weight excluding hydrogens is 224 g/mol. The molecule has 1 aromatic rings. The number of rotatable bonds is 3. The van der Waals surface area contributed by atoms with Crippen molar-refractivity contribution in [2.24, 2.45) is 0 Å². The Hall–Kier alpha value is -0.580. The number of hydrogen-bond acceptors (Lipinski definition) is 3. The van der Waals surface area contributed by atoms with Gasteiger partial charge >= 0.3 is 0 Å². The van der Waals surface area contributed by atoms with E-state index in [-0.39, 0.29) is 10.6 Å². The molecule has 0 aromatic heterocycles. The summed E-state index contributed by atoms with van der Waals surface area (Å²) >= 11 is 5.62. The van der Waals surface area contributed by atoms with Gasteiger partial charge in [0.15, 0.2) is 9.84 Å². The minimum absolute atomic E-state index is 0.183. The van der Waals surface area contributed by atoms with Crippen LogP contribution in [0.1, 0.15) is 6.92 Å². The van der Waals surface area contributed by atoms with E-state index in [1.165, 1.54) is 31.2 Å². The molecular formula is C9H11ClO3S. The Morgan fingerprint density at radius 3 is 2.29 bits per heavy atom. The molecule has 0 radical (unpaired) electrons. The van der Waals surface area contributed by atoms with Gasteiger partial charge in [0.05, 0.1) is 16.8 Å². The first-order valence-electron chi connectivity index (χ1n) is 4.08. The summed E-state index contributed by atoms with van der Waals surface area (Å²) in [7, 11) is -3.38. The van der Waals surface area contributed by atoms with Gasteiger partial charge in [-0.1, -0.05) is 11.6 Å². The van der Waals surface area contributed by atoms with Gasteiger partial charge in [-0.3, -0.25) is 0 Å². The zero-order valence-corrected chi connectivity index (χ0v) is 9.22. The van der Waals surface area contributed by atoms with Gasteiger partial charge in [-0.05, 0) is 31.2 Å². The third-order valence-electron chi connectivity index (χ3n) is 1.63. The number of benzene rings is 1. The Balaban J connectivity index is 2.99. The molecule has 3 nitrogen and oxygen atoms in total. The fourth-order valence-electron chi connectivity index (χ4n) is 1.06. The molecule has 0 saturated carbocycles. The predicted octanol–water partition coefficient (Wildman–Crippen LogP) is 1.49. The van der Waals surface area contributed by atoms with Crippen molar-refractivity contribution in [2.75, 3.05) is 5.75 Å². The molecule has 0 aliphatic rings. The number of hydrogen-bond donors (Lipinski definition) is 1. The minimum atomic E-state index is -3.38. The molecule has 5 heteroatoms. The van der Waals surface area contributed by atoms with Crippen LogP contribution in [0, 0.1) is 0 Å². The monoisotopic (exact) mass is 234 g/mol. The predicted molar refractivity (Wildman–Crippen MR) is 55.2 cm³/mol. The van der Waals surface area contributed by atoms with Crippen molar-refractivity contribution < 1.29 is 13.5 Å². The molecule has 0 saturated heterocycles. The van der Waals surface area contributed by atoms with Crippen LogP contribution in [0.2, 0.25) is 5.02 Å². The average molecular weight is 235 g/mol. The highest BCUT2D eigenvalue weighted by atomic mass is 35.5. The molecule has 1 unspecified atom stereocenters. The molecule has 0 aliphatic carbocycles. The third kappa shape index (κ3) is 2.97. The van der Waals surface area contributed by atoms with Crippen LogP contribution in [0.25, 0.3) is 0 Å². The molecule has 0 amide bonds. The second kappa shape index (κ2) is 4.29. The quantitative estimate of drug-likeness (QED) is 0.862. The lowest BCUT2D eigenvalue weighted by Crippen LogP contribution is -2.17. The number of aliphatic hydroxyl groups is 1. The van der Waals surface area contributed by atoms with Gasteiger partial charge in [0.25, 0.3) is 0 Å². The highest BCUT2D eigenvalue weighted by molar-refractivity contribution is 7.91. The lowest BCUT2D eigenvalue weighted by atomic mass is 10.4. The van der Waals surface area contributed by atoms with E-state index < -0.39 is 15.9 Å². The summed E-state index contributed by atoms with van der Waals surface area (Å²) < 4.78 is 23.1. The maximum absolute atomic E-state index is 11.6. The standard InChI is InChI=1S/C9H11ClO3S/c1-7(11)6-14(12,13)9-4-2-8(10)3-5-9/h2-5,7,11H,6H2,1H3. The summed E-state index contributed by atoms with van der Waals surface area (Å²) in [5, 5.41) is 9.49. The second-order valence-corrected chi connectivity index (χ2v) is 5.56. The fraction of sp³-hybridized carbons (Fsp3) is 0.333. The molecule has 0 heterocycles. The van der Waals surface area contributed by atoms with Crippen molar-refractivity contribution in [1.29, 1.82) is 0 Å². The van der Waals surface area contributed by atoms with E-state index in [0.717, 1.165) is 0 Å². The van der Waals surface area contributed by atoms with E-state index in [9.17, 15) is 8.42 Å². The lowest BCUT2D eigenvalue weighted by molar-refractivity contribution is 0.218. The molecule has 0 bridgehead atoms. The molecule has 1 atom stereocenters. The van der Waals surface area contributed by atoms with Crippen LogP contribution in [-0.2, 0) is 9.84 Å². The summed E-state index contributed by atoms with van der Waals surface area (Å²) in [4.78, 5) is 0.183. The van der Waals surface area contributed by atoms with Gasteiger partial charge in [-0.25, -0.2) is 8.42 Å². The maximum atomic E-state index is 11.6. The molecule has 0 fully saturated rings. The summed E-state index contributed by atoms with van der Waals surface area (Å²) in [6.07, 6.45) is -0.865. The van der Waals surface area contributed by atoms with Crippen LogP contribution in [0.4, 0.5) is 0 Å². The van der Waals surface area contributed by atoms with Crippen LogP contribution in [0.5, 0.6) is 0 Å². The van der Waals surface area contributed by atoms with Gasteiger partial charge in [0.1, 0.15) is 0 Å². The van der Waals surface area contributed by atoms with Crippen LogP contribution < -0.4 is 0 Å². The summed E-state index contributed by atoms with van der Waals surface area (Å²) in [5.41, 5.74) is 0. The Bertz CT molecular complexity index is 395. The summed E-state index contributed by atoms with van der Waals surface area (Å²) in [6.45, 7) is 1.44. The maximum Gasteiger partial charge on any atom is 0.180 e. The highest BCUT2D eigenvalue weighted by Gasteiger charge is 2.16. The van der Waals surface area contributed by atoms with Gasteiger partial charge in [0, 0.05) is 5.02 Å². The first kappa shape index (κ1) is 11.5. The van der Waals surface area contributed by atoms with Crippen molar-refractivity contribution in [3.8, 4) is 0 Å². The Morgan fingerprint density at radius 2 is 1.86 bits per heavy atom. The van der Waals surface area contributed by atoms with Gasteiger partial charge in [-0.2, -0.15) is 0 Å². The Kier molecular flexibility index (Phi) is 3.53. The topological polar surface area (TPSA) is 54.4 Å². The zero-order chi connectivity index (χ0) is 10.8. The number of halogens is 1. The van der Waals surface area contributed by atoms with Crippen LogP contribution >= 0.6 is 11.6 Å². The van der Waals surface area contributed by atoms with E-state index >= 15 is 0 Å². The van der Waals surface area contributed by atoms with Crippen molar-refractivity contribution in [3.63, 3.8) is 0 Å². The molecule has 14 heavy (non-hydrogen) atoms. The molecule has 1 rings (SSSR count). The van der Waals surface area contributed by atoms with E-state index in [4.69, 9.17) is 16.7 Å². The SMILES string of the molecule is CC(O)CS(=O)(=O)c1ccc(Cl)cc1. The van der Waals surface area contributed by atoms with Gasteiger partial charge < -0.3 is 5.11 Å². The number of aliphatic hydroxyl groups excluding tert-OH is 1. The highest BCUT2D eigenvalue weighted by Crippen LogP contribution is 2.15. The second-order valence-electron chi connectivity index (χ2n) is 3.08. The largest absolute Gasteiger partial charge is 0.392 e. The van der Waals surface area contributed by atoms with Crippen LogP contribution in [0.3, 0.4) is 0 Å². The summed E-state index contributed by atoms with van der Waals surface area (Å²) in [6, 6.07) is 5.88. The zero-order valence-electron chi connectivity index (χ0n) is 7.64.